The van der Waals surface area contributed by atoms with Gasteiger partial charge in [-0.2, -0.15) is 10.5 Å². The Hall–Kier alpha value is -2.78. The van der Waals surface area contributed by atoms with Crippen LogP contribution in [0.1, 0.15) is 112 Å². The van der Waals surface area contributed by atoms with Gasteiger partial charge < -0.3 is 4.74 Å². The number of nitrogens with zero attached hydrogens (tertiary/aromatic N) is 2. The van der Waals surface area contributed by atoms with Crippen molar-refractivity contribution in [1.82, 2.24) is 0 Å². The molecule has 0 aliphatic heterocycles. The maximum atomic E-state index is 9.73. The molecule has 3 rings (SSSR count). The number of ether oxygens (including phenoxy) is 1. The number of nitriles is 2. The summed E-state index contributed by atoms with van der Waals surface area (Å²) in [6.45, 7) is 4.96. The van der Waals surface area contributed by atoms with Crippen molar-refractivity contribution in [3.8, 4) is 17.9 Å². The Kier molecular flexibility index (Phi) is 10.5. The summed E-state index contributed by atoms with van der Waals surface area (Å²) in [5.74, 6) is 2.18. The third kappa shape index (κ3) is 7.11. The SMILES string of the molecule is CCCCC[C@H]1CC[C@H](c2ccc(CCc3ccc(OCCCC)c(C#N)c3C#N)cc2)CC1. The molecule has 2 aromatic carbocycles. The number of aryl methyl sites for hydroxylation is 2. The molecule has 34 heavy (non-hydrogen) atoms. The van der Waals surface area contributed by atoms with Crippen molar-refractivity contribution in [1.29, 1.82) is 10.5 Å². The van der Waals surface area contributed by atoms with E-state index in [1.807, 2.05) is 12.1 Å². The van der Waals surface area contributed by atoms with Crippen LogP contribution in [0, 0.1) is 28.6 Å². The maximum absolute atomic E-state index is 9.73. The first-order valence-corrected chi connectivity index (χ1v) is 13.4. The van der Waals surface area contributed by atoms with Gasteiger partial charge in [-0.25, -0.2) is 0 Å². The van der Waals surface area contributed by atoms with E-state index < -0.39 is 0 Å². The van der Waals surface area contributed by atoms with Gasteiger partial charge in [0.1, 0.15) is 23.5 Å². The topological polar surface area (TPSA) is 56.8 Å². The number of unbranched alkanes of at least 4 members (excludes halogenated alkanes) is 3. The van der Waals surface area contributed by atoms with Gasteiger partial charge in [0.15, 0.2) is 0 Å². The normalized spacial score (nSPS) is 17.6. The van der Waals surface area contributed by atoms with Gasteiger partial charge in [0.2, 0.25) is 0 Å². The first-order valence-electron chi connectivity index (χ1n) is 13.4. The van der Waals surface area contributed by atoms with E-state index >= 15 is 0 Å². The summed E-state index contributed by atoms with van der Waals surface area (Å²) in [6, 6.07) is 17.4. The molecule has 1 saturated carbocycles. The average Bonchev–Trinajstić information content (AvgIpc) is 2.88. The smallest absolute Gasteiger partial charge is 0.138 e. The van der Waals surface area contributed by atoms with Gasteiger partial charge in [0.05, 0.1) is 12.2 Å². The Balaban J connectivity index is 1.56. The van der Waals surface area contributed by atoms with E-state index in [4.69, 9.17) is 4.74 Å². The fourth-order valence-electron chi connectivity index (χ4n) is 5.22. The minimum Gasteiger partial charge on any atom is -0.492 e. The molecule has 0 saturated heterocycles. The molecule has 0 aromatic heterocycles. The molecule has 180 valence electrons. The van der Waals surface area contributed by atoms with Crippen LogP contribution in [0.4, 0.5) is 0 Å². The quantitative estimate of drug-likeness (QED) is 0.302. The second kappa shape index (κ2) is 13.8. The van der Waals surface area contributed by atoms with E-state index in [1.54, 1.807) is 0 Å². The summed E-state index contributed by atoms with van der Waals surface area (Å²) >= 11 is 0. The number of hydrogen-bond acceptors (Lipinski definition) is 3. The largest absolute Gasteiger partial charge is 0.492 e. The fourth-order valence-corrected chi connectivity index (χ4v) is 5.22. The molecular weight excluding hydrogens is 416 g/mol. The third-order valence-electron chi connectivity index (χ3n) is 7.43. The van der Waals surface area contributed by atoms with Crippen LogP contribution in [0.15, 0.2) is 36.4 Å². The lowest BCUT2D eigenvalue weighted by Gasteiger charge is -2.29. The van der Waals surface area contributed by atoms with Crippen molar-refractivity contribution in [2.75, 3.05) is 6.61 Å². The van der Waals surface area contributed by atoms with Gasteiger partial charge >= 0.3 is 0 Å². The van der Waals surface area contributed by atoms with Gasteiger partial charge in [0, 0.05) is 0 Å². The van der Waals surface area contributed by atoms with E-state index in [-0.39, 0.29) is 0 Å². The van der Waals surface area contributed by atoms with Crippen molar-refractivity contribution in [2.24, 2.45) is 5.92 Å². The van der Waals surface area contributed by atoms with Crippen LogP contribution in [0.25, 0.3) is 0 Å². The van der Waals surface area contributed by atoms with Crippen molar-refractivity contribution in [3.63, 3.8) is 0 Å². The molecule has 0 heterocycles. The molecular formula is C31H40N2O. The summed E-state index contributed by atoms with van der Waals surface area (Å²) in [6.07, 6.45) is 14.5. The molecule has 0 N–H and O–H groups in total. The molecule has 0 spiro atoms. The fraction of sp³-hybridized carbons (Fsp3) is 0.548. The first-order chi connectivity index (χ1) is 16.7. The summed E-state index contributed by atoms with van der Waals surface area (Å²) in [7, 11) is 0. The van der Waals surface area contributed by atoms with E-state index in [2.05, 4.69) is 50.3 Å². The first kappa shape index (κ1) is 25.8. The van der Waals surface area contributed by atoms with Crippen LogP contribution in [0.5, 0.6) is 5.75 Å². The predicted octanol–water partition coefficient (Wildman–Crippen LogP) is 8.25. The second-order valence-corrected chi connectivity index (χ2v) is 9.85. The molecule has 0 radical (unpaired) electrons. The van der Waals surface area contributed by atoms with E-state index in [0.29, 0.717) is 29.4 Å². The van der Waals surface area contributed by atoms with Crippen molar-refractivity contribution < 1.29 is 4.74 Å². The molecule has 1 fully saturated rings. The Bertz CT molecular complexity index is 972. The van der Waals surface area contributed by atoms with Crippen LogP contribution in [-0.2, 0) is 12.8 Å². The molecule has 1 aliphatic rings. The summed E-state index contributed by atoms with van der Waals surface area (Å²) in [5.41, 5.74) is 4.52. The van der Waals surface area contributed by atoms with Crippen LogP contribution in [-0.4, -0.2) is 6.61 Å². The van der Waals surface area contributed by atoms with E-state index in [1.165, 1.54) is 62.5 Å². The zero-order chi connectivity index (χ0) is 24.2. The van der Waals surface area contributed by atoms with Gasteiger partial charge in [-0.15, -0.1) is 0 Å². The minimum absolute atomic E-state index is 0.372. The maximum Gasteiger partial charge on any atom is 0.138 e. The summed E-state index contributed by atoms with van der Waals surface area (Å²) in [4.78, 5) is 0. The summed E-state index contributed by atoms with van der Waals surface area (Å²) < 4.78 is 5.76. The Morgan fingerprint density at radius 1 is 0.794 bits per heavy atom. The highest BCUT2D eigenvalue weighted by Gasteiger charge is 2.22. The monoisotopic (exact) mass is 456 g/mol. The van der Waals surface area contributed by atoms with E-state index in [0.717, 1.165) is 37.2 Å². The number of rotatable bonds is 12. The molecule has 0 amide bonds. The highest BCUT2D eigenvalue weighted by atomic mass is 16.5. The standard InChI is InChI=1S/C31H40N2O/c1-3-5-7-8-24-9-14-26(15-10-24)27-16-11-25(12-17-27)13-18-28-19-20-31(34-21-6-4-2)30(23-33)29(28)22-32/h11-12,16-17,19-20,24,26H,3-10,13-15,18,21H2,1-2H3/t24-,26-. The van der Waals surface area contributed by atoms with Gasteiger partial charge in [0.25, 0.3) is 0 Å². The Labute approximate surface area is 206 Å². The zero-order valence-corrected chi connectivity index (χ0v) is 21.1. The van der Waals surface area contributed by atoms with Crippen LogP contribution < -0.4 is 4.74 Å². The minimum atomic E-state index is 0.372. The van der Waals surface area contributed by atoms with Gasteiger partial charge in [-0.05, 0) is 79.5 Å². The Morgan fingerprint density at radius 2 is 1.50 bits per heavy atom. The molecule has 0 atom stereocenters. The highest BCUT2D eigenvalue weighted by molar-refractivity contribution is 5.58. The highest BCUT2D eigenvalue weighted by Crippen LogP contribution is 2.38. The van der Waals surface area contributed by atoms with Crippen LogP contribution in [0.3, 0.4) is 0 Å². The lowest BCUT2D eigenvalue weighted by Crippen LogP contribution is -2.13. The average molecular weight is 457 g/mol. The van der Waals surface area contributed by atoms with Crippen LogP contribution in [0.2, 0.25) is 0 Å². The Morgan fingerprint density at radius 3 is 2.15 bits per heavy atom. The van der Waals surface area contributed by atoms with Crippen molar-refractivity contribution >= 4 is 0 Å². The van der Waals surface area contributed by atoms with E-state index in [9.17, 15) is 10.5 Å². The molecule has 0 bridgehead atoms. The van der Waals surface area contributed by atoms with Crippen molar-refractivity contribution in [2.45, 2.75) is 96.8 Å². The molecule has 3 nitrogen and oxygen atoms in total. The third-order valence-corrected chi connectivity index (χ3v) is 7.43. The molecule has 2 aromatic rings. The zero-order valence-electron chi connectivity index (χ0n) is 21.1. The summed E-state index contributed by atoms with van der Waals surface area (Å²) in [5, 5.41) is 19.4. The lowest BCUT2D eigenvalue weighted by atomic mass is 9.77. The molecule has 3 heteroatoms. The van der Waals surface area contributed by atoms with Gasteiger partial charge in [-0.3, -0.25) is 0 Å². The molecule has 1 aliphatic carbocycles. The molecule has 0 unspecified atom stereocenters. The van der Waals surface area contributed by atoms with Gasteiger partial charge in [-0.1, -0.05) is 76.3 Å². The van der Waals surface area contributed by atoms with Crippen LogP contribution >= 0.6 is 0 Å². The lowest BCUT2D eigenvalue weighted by molar-refractivity contribution is 0.303. The number of hydrogen-bond donors (Lipinski definition) is 0. The predicted molar refractivity (Wildman–Crippen MR) is 139 cm³/mol. The second-order valence-electron chi connectivity index (χ2n) is 9.85. The van der Waals surface area contributed by atoms with Crippen molar-refractivity contribution in [3.05, 3.63) is 64.2 Å². The number of benzene rings is 2.